The first-order valence-corrected chi connectivity index (χ1v) is 10.6. The van der Waals surface area contributed by atoms with E-state index in [1.807, 2.05) is 32.0 Å². The van der Waals surface area contributed by atoms with Crippen LogP contribution in [0, 0.1) is 0 Å². The average Bonchev–Trinajstić information content (AvgIpc) is 2.78. The maximum absolute atomic E-state index is 13.3. The standard InChI is InChI=1S/C22H33N5O4/c1-14(2)27-18-9-8-16(7-5-4-6-10-25-22(23)24)12-17(18)21(31)26(13-19(27)28)15(3)11-20(29)30/h8-9,12,14-15H,4-7,10-11,13H2,1-3H3,(H,29,30)(H4,23,24,25). The van der Waals surface area contributed by atoms with Crippen LogP contribution in [0.2, 0.25) is 0 Å². The highest BCUT2D eigenvalue weighted by Gasteiger charge is 2.35. The number of nitrogens with two attached hydrogens (primary N) is 2. The molecule has 1 aliphatic heterocycles. The predicted molar refractivity (Wildman–Crippen MR) is 120 cm³/mol. The molecule has 1 aromatic carbocycles. The van der Waals surface area contributed by atoms with E-state index < -0.39 is 12.0 Å². The number of nitrogens with zero attached hydrogens (tertiary/aromatic N) is 3. The minimum Gasteiger partial charge on any atom is -0.481 e. The van der Waals surface area contributed by atoms with Crippen molar-refractivity contribution in [2.24, 2.45) is 16.5 Å². The summed E-state index contributed by atoms with van der Waals surface area (Å²) in [5, 5.41) is 9.15. The molecule has 31 heavy (non-hydrogen) atoms. The number of carbonyl (C=O) groups is 3. The van der Waals surface area contributed by atoms with Crippen LogP contribution in [0.3, 0.4) is 0 Å². The quantitative estimate of drug-likeness (QED) is 0.292. The summed E-state index contributed by atoms with van der Waals surface area (Å²) in [6.45, 7) is 5.90. The highest BCUT2D eigenvalue weighted by Crippen LogP contribution is 2.30. The van der Waals surface area contributed by atoms with Crippen LogP contribution in [0.1, 0.15) is 62.4 Å². The van der Waals surface area contributed by atoms with Crippen LogP contribution in [0.25, 0.3) is 0 Å². The predicted octanol–water partition coefficient (Wildman–Crippen LogP) is 1.73. The number of aliphatic imine (C=N–C) groups is 1. The first-order valence-electron chi connectivity index (χ1n) is 10.6. The Morgan fingerprint density at radius 3 is 2.48 bits per heavy atom. The molecule has 1 aromatic rings. The summed E-state index contributed by atoms with van der Waals surface area (Å²) in [5.74, 6) is -1.44. The van der Waals surface area contributed by atoms with Gasteiger partial charge in [0, 0.05) is 18.6 Å². The average molecular weight is 432 g/mol. The molecule has 1 atom stereocenters. The molecule has 0 spiro atoms. The first-order chi connectivity index (χ1) is 14.6. The summed E-state index contributed by atoms with van der Waals surface area (Å²) < 4.78 is 0. The Morgan fingerprint density at radius 2 is 1.87 bits per heavy atom. The van der Waals surface area contributed by atoms with E-state index in [2.05, 4.69) is 4.99 Å². The van der Waals surface area contributed by atoms with Crippen molar-refractivity contribution in [3.63, 3.8) is 0 Å². The second-order valence-corrected chi connectivity index (χ2v) is 8.21. The normalized spacial score (nSPS) is 15.0. The lowest BCUT2D eigenvalue weighted by Gasteiger charge is -2.28. The molecule has 1 unspecified atom stereocenters. The summed E-state index contributed by atoms with van der Waals surface area (Å²) in [7, 11) is 0. The molecule has 5 N–H and O–H groups in total. The third-order valence-electron chi connectivity index (χ3n) is 5.32. The van der Waals surface area contributed by atoms with E-state index in [4.69, 9.17) is 16.6 Å². The number of benzene rings is 1. The molecule has 1 heterocycles. The van der Waals surface area contributed by atoms with E-state index in [1.54, 1.807) is 11.8 Å². The Labute approximate surface area is 183 Å². The van der Waals surface area contributed by atoms with Crippen LogP contribution in [0.5, 0.6) is 0 Å². The van der Waals surface area contributed by atoms with Crippen molar-refractivity contribution in [1.29, 1.82) is 0 Å². The van der Waals surface area contributed by atoms with Crippen molar-refractivity contribution in [2.75, 3.05) is 18.0 Å². The van der Waals surface area contributed by atoms with E-state index in [0.717, 1.165) is 31.2 Å². The Balaban J connectivity index is 2.25. The van der Waals surface area contributed by atoms with Crippen molar-refractivity contribution in [3.05, 3.63) is 29.3 Å². The lowest BCUT2D eigenvalue weighted by molar-refractivity contribution is -0.138. The molecule has 0 bridgehead atoms. The molecule has 9 heteroatoms. The molecular formula is C22H33N5O4. The fourth-order valence-corrected chi connectivity index (χ4v) is 3.81. The Morgan fingerprint density at radius 1 is 1.16 bits per heavy atom. The van der Waals surface area contributed by atoms with Crippen LogP contribution in [-0.4, -0.2) is 58.9 Å². The highest BCUT2D eigenvalue weighted by atomic mass is 16.4. The Hall–Kier alpha value is -3.10. The summed E-state index contributed by atoms with van der Waals surface area (Å²) in [6.07, 6.45) is 3.30. The van der Waals surface area contributed by atoms with Gasteiger partial charge in [-0.2, -0.15) is 0 Å². The van der Waals surface area contributed by atoms with Gasteiger partial charge in [-0.1, -0.05) is 12.5 Å². The summed E-state index contributed by atoms with van der Waals surface area (Å²) in [4.78, 5) is 44.4. The second-order valence-electron chi connectivity index (χ2n) is 8.21. The second kappa shape index (κ2) is 10.8. The molecule has 0 saturated carbocycles. The molecule has 1 aliphatic rings. The maximum Gasteiger partial charge on any atom is 0.305 e. The number of anilines is 1. The van der Waals surface area contributed by atoms with Gasteiger partial charge in [-0.05, 0) is 57.7 Å². The molecule has 0 aromatic heterocycles. The minimum atomic E-state index is -1.01. The first kappa shape index (κ1) is 24.2. The molecule has 0 saturated heterocycles. The lowest BCUT2D eigenvalue weighted by Crippen LogP contribution is -2.46. The zero-order valence-corrected chi connectivity index (χ0v) is 18.5. The summed E-state index contributed by atoms with van der Waals surface area (Å²) >= 11 is 0. The third-order valence-corrected chi connectivity index (χ3v) is 5.32. The van der Waals surface area contributed by atoms with Crippen LogP contribution < -0.4 is 16.4 Å². The molecule has 9 nitrogen and oxygen atoms in total. The molecule has 0 fully saturated rings. The van der Waals surface area contributed by atoms with Gasteiger partial charge >= 0.3 is 5.97 Å². The van der Waals surface area contributed by atoms with Crippen LogP contribution >= 0.6 is 0 Å². The van der Waals surface area contributed by atoms with Crippen LogP contribution in [0.15, 0.2) is 23.2 Å². The van der Waals surface area contributed by atoms with Crippen LogP contribution in [0.4, 0.5) is 5.69 Å². The van der Waals surface area contributed by atoms with Gasteiger partial charge in [-0.15, -0.1) is 0 Å². The third kappa shape index (κ3) is 6.44. The SMILES string of the molecule is CC(CC(=O)O)N1CC(=O)N(C(C)C)c2ccc(CCCCCN=C(N)N)cc2C1=O. The van der Waals surface area contributed by atoms with Crippen molar-refractivity contribution in [3.8, 4) is 0 Å². The van der Waals surface area contributed by atoms with E-state index >= 15 is 0 Å². The number of amides is 2. The monoisotopic (exact) mass is 431 g/mol. The smallest absolute Gasteiger partial charge is 0.305 e. The molecule has 0 radical (unpaired) electrons. The Kier molecular flexibility index (Phi) is 8.41. The van der Waals surface area contributed by atoms with Gasteiger partial charge in [0.25, 0.3) is 5.91 Å². The number of carbonyl (C=O) groups excluding carboxylic acids is 2. The van der Waals surface area contributed by atoms with Gasteiger partial charge in [0.1, 0.15) is 6.54 Å². The lowest BCUT2D eigenvalue weighted by atomic mass is 10.0. The van der Waals surface area contributed by atoms with Gasteiger partial charge in [-0.25, -0.2) is 0 Å². The van der Waals surface area contributed by atoms with Gasteiger partial charge in [-0.3, -0.25) is 19.4 Å². The Bertz CT molecular complexity index is 848. The van der Waals surface area contributed by atoms with Crippen molar-refractivity contribution in [2.45, 2.75) is 65.0 Å². The van der Waals surface area contributed by atoms with Gasteiger partial charge in [0.05, 0.1) is 17.7 Å². The zero-order valence-electron chi connectivity index (χ0n) is 18.5. The number of fused-ring (bicyclic) bond motifs is 1. The van der Waals surface area contributed by atoms with E-state index in [1.165, 1.54) is 4.90 Å². The number of hydrogen-bond acceptors (Lipinski definition) is 4. The van der Waals surface area contributed by atoms with Crippen LogP contribution in [-0.2, 0) is 16.0 Å². The van der Waals surface area contributed by atoms with E-state index in [-0.39, 0.29) is 36.8 Å². The van der Waals surface area contributed by atoms with Crippen molar-refractivity contribution in [1.82, 2.24) is 4.90 Å². The number of unbranched alkanes of at least 4 members (excludes halogenated alkanes) is 2. The van der Waals surface area contributed by atoms with Crippen molar-refractivity contribution >= 4 is 29.4 Å². The molecule has 2 rings (SSSR count). The van der Waals surface area contributed by atoms with E-state index in [9.17, 15) is 14.4 Å². The summed E-state index contributed by atoms with van der Waals surface area (Å²) in [5.41, 5.74) is 12.7. The highest BCUT2D eigenvalue weighted by molar-refractivity contribution is 6.10. The maximum atomic E-state index is 13.3. The molecule has 0 aliphatic carbocycles. The van der Waals surface area contributed by atoms with Gasteiger partial charge in [0.15, 0.2) is 5.96 Å². The summed E-state index contributed by atoms with van der Waals surface area (Å²) in [6, 6.07) is 4.89. The number of aryl methyl sites for hydroxylation is 1. The number of guanidine groups is 1. The fraction of sp³-hybridized carbons (Fsp3) is 0.545. The number of carboxylic acids is 1. The van der Waals surface area contributed by atoms with E-state index in [0.29, 0.717) is 17.8 Å². The topological polar surface area (TPSA) is 142 Å². The largest absolute Gasteiger partial charge is 0.481 e. The molecule has 170 valence electrons. The number of aliphatic carboxylic acids is 1. The number of carboxylic acid groups (broad SMARTS) is 1. The van der Waals surface area contributed by atoms with Gasteiger partial charge in [0.2, 0.25) is 5.91 Å². The minimum absolute atomic E-state index is 0.0928. The van der Waals surface area contributed by atoms with Gasteiger partial charge < -0.3 is 26.4 Å². The number of hydrogen-bond donors (Lipinski definition) is 3. The number of rotatable bonds is 10. The van der Waals surface area contributed by atoms with Crippen molar-refractivity contribution < 1.29 is 19.5 Å². The molecule has 2 amide bonds. The zero-order chi connectivity index (χ0) is 23.1. The molecular weight excluding hydrogens is 398 g/mol. The fourth-order valence-electron chi connectivity index (χ4n) is 3.81.